The van der Waals surface area contributed by atoms with Gasteiger partial charge in [-0.25, -0.2) is 14.1 Å². The monoisotopic (exact) mass is 457 g/mol. The maximum Gasteiger partial charge on any atom is 0.325 e. The number of hydrogen-bond donors (Lipinski definition) is 3. The van der Waals surface area contributed by atoms with Gasteiger partial charge in [0.15, 0.2) is 0 Å². The van der Waals surface area contributed by atoms with Crippen molar-refractivity contribution in [2.24, 2.45) is 5.92 Å². The topological polar surface area (TPSA) is 108 Å². The molecule has 2 aromatic rings. The summed E-state index contributed by atoms with van der Waals surface area (Å²) in [5.74, 6) is -1.28. The number of aryl methyl sites for hydroxylation is 1. The number of nitrogens with one attached hydrogen (secondary N) is 2. The Labute approximate surface area is 191 Å². The highest BCUT2D eigenvalue weighted by atomic mass is 19.1. The van der Waals surface area contributed by atoms with Gasteiger partial charge in [0.1, 0.15) is 30.3 Å². The second kappa shape index (κ2) is 10.4. The van der Waals surface area contributed by atoms with E-state index >= 15 is 0 Å². The van der Waals surface area contributed by atoms with Gasteiger partial charge in [-0.3, -0.25) is 9.59 Å². The Morgan fingerprint density at radius 1 is 1.21 bits per heavy atom. The number of nitrogens with zero attached hydrogens (tertiary/aromatic N) is 1. The summed E-state index contributed by atoms with van der Waals surface area (Å²) in [6.07, 6.45) is 0.221. The Hall–Kier alpha value is -3.46. The molecule has 1 fully saturated rings. The third kappa shape index (κ3) is 5.67. The van der Waals surface area contributed by atoms with Crippen LogP contribution in [-0.4, -0.2) is 47.1 Å². The van der Waals surface area contributed by atoms with Crippen LogP contribution in [0.3, 0.4) is 0 Å². The SMILES string of the molecule is Cc1ccc(NC(=O)C(CC(C)C)N2C(=O)N[C@H](c3ccc(OCCO)cc3)C2=O)c(F)c1. The first kappa shape index (κ1) is 24.2. The van der Waals surface area contributed by atoms with E-state index in [0.29, 0.717) is 16.9 Å². The first-order valence-electron chi connectivity index (χ1n) is 10.8. The van der Waals surface area contributed by atoms with Gasteiger partial charge < -0.3 is 20.5 Å². The van der Waals surface area contributed by atoms with Crippen LogP contribution >= 0.6 is 0 Å². The Kier molecular flexibility index (Phi) is 7.65. The molecular weight excluding hydrogens is 429 g/mol. The third-order valence-corrected chi connectivity index (χ3v) is 5.24. The number of anilines is 1. The quantitative estimate of drug-likeness (QED) is 0.502. The van der Waals surface area contributed by atoms with Crippen molar-refractivity contribution in [3.05, 3.63) is 59.4 Å². The van der Waals surface area contributed by atoms with Crippen LogP contribution in [0.4, 0.5) is 14.9 Å². The van der Waals surface area contributed by atoms with Crippen LogP contribution < -0.4 is 15.4 Å². The molecule has 0 spiro atoms. The lowest BCUT2D eigenvalue weighted by Gasteiger charge is -2.26. The number of benzene rings is 2. The zero-order valence-electron chi connectivity index (χ0n) is 18.8. The number of amides is 4. The van der Waals surface area contributed by atoms with Crippen LogP contribution in [0.1, 0.15) is 37.4 Å². The highest BCUT2D eigenvalue weighted by Crippen LogP contribution is 2.28. The smallest absolute Gasteiger partial charge is 0.325 e. The van der Waals surface area contributed by atoms with Crippen molar-refractivity contribution >= 4 is 23.5 Å². The van der Waals surface area contributed by atoms with Crippen molar-refractivity contribution in [1.82, 2.24) is 10.2 Å². The zero-order valence-corrected chi connectivity index (χ0v) is 18.8. The van der Waals surface area contributed by atoms with E-state index in [0.717, 1.165) is 4.90 Å². The number of rotatable bonds is 9. The van der Waals surface area contributed by atoms with E-state index in [4.69, 9.17) is 9.84 Å². The summed E-state index contributed by atoms with van der Waals surface area (Å²) in [7, 11) is 0. The maximum atomic E-state index is 14.3. The van der Waals surface area contributed by atoms with Crippen LogP contribution in [0.2, 0.25) is 0 Å². The fourth-order valence-electron chi connectivity index (χ4n) is 3.65. The van der Waals surface area contributed by atoms with Gasteiger partial charge in [-0.1, -0.05) is 32.0 Å². The molecule has 0 bridgehead atoms. The molecule has 1 unspecified atom stereocenters. The molecule has 2 atom stereocenters. The number of imide groups is 1. The van der Waals surface area contributed by atoms with Crippen LogP contribution in [0.5, 0.6) is 5.75 Å². The van der Waals surface area contributed by atoms with Crippen LogP contribution in [-0.2, 0) is 9.59 Å². The van der Waals surface area contributed by atoms with Gasteiger partial charge in [-0.2, -0.15) is 0 Å². The minimum absolute atomic E-state index is 0.00813. The molecule has 0 aliphatic carbocycles. The second-order valence-corrected chi connectivity index (χ2v) is 8.35. The van der Waals surface area contributed by atoms with E-state index in [1.54, 1.807) is 37.3 Å². The van der Waals surface area contributed by atoms with Gasteiger partial charge in [0.25, 0.3) is 5.91 Å². The minimum atomic E-state index is -1.10. The summed E-state index contributed by atoms with van der Waals surface area (Å²) in [6, 6.07) is 8.20. The minimum Gasteiger partial charge on any atom is -0.491 e. The fraction of sp³-hybridized carbons (Fsp3) is 0.375. The number of urea groups is 1. The normalized spacial score (nSPS) is 16.7. The van der Waals surface area contributed by atoms with Gasteiger partial charge in [-0.15, -0.1) is 0 Å². The van der Waals surface area contributed by atoms with Gasteiger partial charge in [0.05, 0.1) is 12.3 Å². The predicted molar refractivity (Wildman–Crippen MR) is 120 cm³/mol. The second-order valence-electron chi connectivity index (χ2n) is 8.35. The first-order valence-corrected chi connectivity index (χ1v) is 10.8. The number of carbonyl (C=O) groups is 3. The van der Waals surface area contributed by atoms with Crippen LogP contribution in [0.15, 0.2) is 42.5 Å². The van der Waals surface area contributed by atoms with Crippen molar-refractivity contribution in [1.29, 1.82) is 0 Å². The van der Waals surface area contributed by atoms with Gasteiger partial charge in [0, 0.05) is 0 Å². The molecule has 33 heavy (non-hydrogen) atoms. The molecule has 1 aliphatic heterocycles. The van der Waals surface area contributed by atoms with Crippen LogP contribution in [0, 0.1) is 18.7 Å². The molecule has 0 aromatic heterocycles. The average Bonchev–Trinajstić information content (AvgIpc) is 3.06. The molecule has 1 heterocycles. The molecular formula is C24H28FN3O5. The van der Waals surface area contributed by atoms with E-state index in [1.165, 1.54) is 12.1 Å². The van der Waals surface area contributed by atoms with E-state index in [9.17, 15) is 18.8 Å². The van der Waals surface area contributed by atoms with E-state index in [2.05, 4.69) is 10.6 Å². The summed E-state index contributed by atoms with van der Waals surface area (Å²) < 4.78 is 19.6. The Morgan fingerprint density at radius 3 is 2.52 bits per heavy atom. The van der Waals surface area contributed by atoms with Crippen molar-refractivity contribution in [3.8, 4) is 5.75 Å². The van der Waals surface area contributed by atoms with Gasteiger partial charge >= 0.3 is 6.03 Å². The van der Waals surface area contributed by atoms with Gasteiger partial charge in [0.2, 0.25) is 5.91 Å². The molecule has 3 N–H and O–H groups in total. The van der Waals surface area contributed by atoms with E-state index in [-0.39, 0.29) is 31.2 Å². The zero-order chi connectivity index (χ0) is 24.1. The van der Waals surface area contributed by atoms with Crippen LogP contribution in [0.25, 0.3) is 0 Å². The number of aliphatic hydroxyl groups is 1. The lowest BCUT2D eigenvalue weighted by atomic mass is 10.0. The molecule has 1 saturated heterocycles. The van der Waals surface area contributed by atoms with Crippen molar-refractivity contribution in [2.75, 3.05) is 18.5 Å². The molecule has 9 heteroatoms. The van der Waals surface area contributed by atoms with E-state index < -0.39 is 35.7 Å². The molecule has 4 amide bonds. The predicted octanol–water partition coefficient (Wildman–Crippen LogP) is 3.15. The molecule has 0 saturated carbocycles. The van der Waals surface area contributed by atoms with E-state index in [1.807, 2.05) is 13.8 Å². The Morgan fingerprint density at radius 2 is 1.91 bits per heavy atom. The Bertz CT molecular complexity index is 1030. The number of carbonyl (C=O) groups excluding carboxylic acids is 3. The van der Waals surface area contributed by atoms with Crippen molar-refractivity contribution in [2.45, 2.75) is 39.3 Å². The highest BCUT2D eigenvalue weighted by Gasteiger charge is 2.45. The lowest BCUT2D eigenvalue weighted by Crippen LogP contribution is -2.48. The highest BCUT2D eigenvalue weighted by molar-refractivity contribution is 6.09. The molecule has 8 nitrogen and oxygen atoms in total. The third-order valence-electron chi connectivity index (χ3n) is 5.24. The first-order chi connectivity index (χ1) is 15.7. The van der Waals surface area contributed by atoms with Crippen molar-refractivity contribution in [3.63, 3.8) is 0 Å². The average molecular weight is 458 g/mol. The molecule has 176 valence electrons. The number of halogens is 1. The summed E-state index contributed by atoms with van der Waals surface area (Å²) in [6.45, 7) is 5.48. The number of ether oxygens (including phenoxy) is 1. The largest absolute Gasteiger partial charge is 0.491 e. The number of hydrogen-bond acceptors (Lipinski definition) is 5. The molecule has 1 aliphatic rings. The summed E-state index contributed by atoms with van der Waals surface area (Å²) in [4.78, 5) is 39.9. The summed E-state index contributed by atoms with van der Waals surface area (Å²) in [5.41, 5.74) is 1.22. The maximum absolute atomic E-state index is 14.3. The number of aliphatic hydroxyl groups excluding tert-OH is 1. The van der Waals surface area contributed by atoms with Crippen molar-refractivity contribution < 1.29 is 28.6 Å². The summed E-state index contributed by atoms with van der Waals surface area (Å²) in [5, 5.41) is 14.0. The lowest BCUT2D eigenvalue weighted by molar-refractivity contribution is -0.134. The standard InChI is InChI=1S/C24H28FN3O5/c1-14(2)12-20(22(30)26-19-9-4-15(3)13-18(19)25)28-23(31)21(27-24(28)32)16-5-7-17(8-6-16)33-11-10-29/h4-9,13-14,20-21,29H,10-12H2,1-3H3,(H,26,30)(H,27,32)/t20?,21-/m1/s1. The summed E-state index contributed by atoms with van der Waals surface area (Å²) >= 11 is 0. The fourth-order valence-corrected chi connectivity index (χ4v) is 3.65. The molecule has 2 aromatic carbocycles. The molecule has 3 rings (SSSR count). The van der Waals surface area contributed by atoms with Gasteiger partial charge in [-0.05, 0) is 54.7 Å². The molecule has 0 radical (unpaired) electrons. The Balaban J connectivity index is 1.81.